The van der Waals surface area contributed by atoms with Gasteiger partial charge >= 0.3 is 0 Å². The number of nitriles is 1. The fourth-order valence-corrected chi connectivity index (χ4v) is 5.00. The van der Waals surface area contributed by atoms with Gasteiger partial charge in [-0.15, -0.1) is 0 Å². The summed E-state index contributed by atoms with van der Waals surface area (Å²) >= 11 is 7.54. The quantitative estimate of drug-likeness (QED) is 0.380. The van der Waals surface area contributed by atoms with E-state index in [0.717, 1.165) is 11.1 Å². The molecule has 1 N–H and O–H groups in total. The number of halogens is 1. The van der Waals surface area contributed by atoms with Crippen LogP contribution in [0, 0.1) is 18.3 Å². The summed E-state index contributed by atoms with van der Waals surface area (Å²) in [6.07, 6.45) is 0.383. The highest BCUT2D eigenvalue weighted by Crippen LogP contribution is 2.42. The first-order valence-electron chi connectivity index (χ1n) is 10.3. The van der Waals surface area contributed by atoms with E-state index in [4.69, 9.17) is 11.6 Å². The van der Waals surface area contributed by atoms with E-state index in [9.17, 15) is 14.9 Å². The molecule has 33 heavy (non-hydrogen) atoms. The van der Waals surface area contributed by atoms with Crippen LogP contribution in [0.3, 0.4) is 0 Å². The lowest BCUT2D eigenvalue weighted by Gasteiger charge is -2.19. The molecule has 1 atom stereocenters. The number of benzene rings is 3. The van der Waals surface area contributed by atoms with Gasteiger partial charge in [0.1, 0.15) is 16.7 Å². The minimum Gasteiger partial charge on any atom is -0.321 e. The van der Waals surface area contributed by atoms with Gasteiger partial charge in [0.2, 0.25) is 5.91 Å². The first-order chi connectivity index (χ1) is 16.0. The van der Waals surface area contributed by atoms with Gasteiger partial charge in [0.05, 0.1) is 5.25 Å². The molecular weight excluding hydrogens is 454 g/mol. The molecule has 7 heteroatoms. The number of anilines is 2. The maximum Gasteiger partial charge on any atom is 0.269 e. The summed E-state index contributed by atoms with van der Waals surface area (Å²) < 4.78 is 0. The Bertz CT molecular complexity index is 1270. The number of aryl methyl sites for hydroxylation is 1. The number of rotatable bonds is 5. The largest absolute Gasteiger partial charge is 0.321 e. The molecule has 1 heterocycles. The monoisotopic (exact) mass is 473 g/mol. The van der Waals surface area contributed by atoms with Crippen LogP contribution in [0.15, 0.2) is 89.5 Å². The molecule has 0 spiro atoms. The summed E-state index contributed by atoms with van der Waals surface area (Å²) in [7, 11) is 0. The maximum absolute atomic E-state index is 13.5. The van der Waals surface area contributed by atoms with Crippen LogP contribution < -0.4 is 10.2 Å². The normalized spacial score (nSPS) is 16.9. The highest BCUT2D eigenvalue weighted by Gasteiger charge is 2.41. The lowest BCUT2D eigenvalue weighted by Crippen LogP contribution is -2.31. The summed E-state index contributed by atoms with van der Waals surface area (Å²) in [6, 6.07) is 25.7. The van der Waals surface area contributed by atoms with E-state index in [1.807, 2.05) is 61.5 Å². The van der Waals surface area contributed by atoms with E-state index in [-0.39, 0.29) is 11.5 Å². The second-order valence-corrected chi connectivity index (χ2v) is 9.12. The van der Waals surface area contributed by atoms with Gasteiger partial charge in [-0.3, -0.25) is 14.5 Å². The average molecular weight is 474 g/mol. The molecule has 4 rings (SSSR count). The van der Waals surface area contributed by atoms with Crippen LogP contribution in [0.25, 0.3) is 0 Å². The highest BCUT2D eigenvalue weighted by molar-refractivity contribution is 8.05. The van der Waals surface area contributed by atoms with Crippen molar-refractivity contribution in [2.45, 2.75) is 18.6 Å². The number of thioether (sulfide) groups is 1. The zero-order valence-corrected chi connectivity index (χ0v) is 19.4. The van der Waals surface area contributed by atoms with Crippen LogP contribution in [0.5, 0.6) is 0 Å². The van der Waals surface area contributed by atoms with Crippen LogP contribution in [-0.2, 0) is 16.0 Å². The predicted octanol–water partition coefficient (Wildman–Crippen LogP) is 5.71. The number of nitrogens with one attached hydrogen (secondary N) is 1. The van der Waals surface area contributed by atoms with Gasteiger partial charge in [0.25, 0.3) is 5.91 Å². The highest BCUT2D eigenvalue weighted by atomic mass is 35.5. The van der Waals surface area contributed by atoms with Crippen molar-refractivity contribution in [3.63, 3.8) is 0 Å². The Morgan fingerprint density at radius 1 is 1.06 bits per heavy atom. The van der Waals surface area contributed by atoms with Gasteiger partial charge in [-0.05, 0) is 49.2 Å². The van der Waals surface area contributed by atoms with E-state index >= 15 is 0 Å². The second-order valence-electron chi connectivity index (χ2n) is 7.52. The minimum atomic E-state index is -0.561. The SMILES string of the molecule is Cc1ccc(N2C(=O)[C@@H](Cc3ccccc3Cl)S/C2=C(/C#N)C(=O)Nc2ccccc2)cc1. The molecule has 1 fully saturated rings. The summed E-state index contributed by atoms with van der Waals surface area (Å²) in [6.45, 7) is 1.95. The van der Waals surface area contributed by atoms with Crippen molar-refractivity contribution in [2.75, 3.05) is 10.2 Å². The molecule has 0 radical (unpaired) electrons. The lowest BCUT2D eigenvalue weighted by molar-refractivity contribution is -0.117. The predicted molar refractivity (Wildman–Crippen MR) is 133 cm³/mol. The number of para-hydroxylation sites is 1. The van der Waals surface area contributed by atoms with Crippen molar-refractivity contribution >= 4 is 46.6 Å². The topological polar surface area (TPSA) is 73.2 Å². The van der Waals surface area contributed by atoms with Crippen LogP contribution >= 0.6 is 23.4 Å². The molecule has 1 saturated heterocycles. The summed E-state index contributed by atoms with van der Waals surface area (Å²) in [4.78, 5) is 28.0. The van der Waals surface area contributed by atoms with E-state index in [0.29, 0.717) is 27.8 Å². The van der Waals surface area contributed by atoms with Crippen molar-refractivity contribution in [2.24, 2.45) is 0 Å². The first-order valence-corrected chi connectivity index (χ1v) is 11.5. The second kappa shape index (κ2) is 9.95. The standard InChI is InChI=1S/C26H20ClN3O2S/c1-17-11-13-20(14-12-17)30-25(32)23(15-18-7-5-6-10-22(18)27)33-26(30)21(16-28)24(31)29-19-8-3-2-4-9-19/h2-14,23H,15H2,1H3,(H,29,31)/b26-21-/t23-/m1/s1. The van der Waals surface area contributed by atoms with Gasteiger partial charge in [-0.1, -0.05) is 77.5 Å². The Balaban J connectivity index is 1.74. The summed E-state index contributed by atoms with van der Waals surface area (Å²) in [5.41, 5.74) is 2.94. The number of carbonyl (C=O) groups is 2. The molecule has 1 aliphatic rings. The lowest BCUT2D eigenvalue weighted by atomic mass is 10.1. The molecule has 1 aliphatic heterocycles. The minimum absolute atomic E-state index is 0.112. The number of nitrogens with zero attached hydrogens (tertiary/aromatic N) is 2. The third-order valence-corrected chi connectivity index (χ3v) is 6.82. The molecule has 5 nitrogen and oxygen atoms in total. The fraction of sp³-hybridized carbons (Fsp3) is 0.115. The third kappa shape index (κ3) is 4.95. The first kappa shape index (κ1) is 22.7. The number of hydrogen-bond donors (Lipinski definition) is 1. The average Bonchev–Trinajstić information content (AvgIpc) is 3.12. The number of amides is 2. The van der Waals surface area contributed by atoms with Crippen molar-refractivity contribution in [3.8, 4) is 6.07 Å². The molecule has 0 aromatic heterocycles. The number of hydrogen-bond acceptors (Lipinski definition) is 4. The van der Waals surface area contributed by atoms with Crippen molar-refractivity contribution in [3.05, 3.63) is 106 Å². The van der Waals surface area contributed by atoms with E-state index in [2.05, 4.69) is 5.32 Å². The maximum atomic E-state index is 13.5. The molecule has 0 unspecified atom stereocenters. The van der Waals surface area contributed by atoms with Gasteiger partial charge in [-0.25, -0.2) is 0 Å². The van der Waals surface area contributed by atoms with Crippen molar-refractivity contribution < 1.29 is 9.59 Å². The van der Waals surface area contributed by atoms with Crippen LogP contribution in [0.4, 0.5) is 11.4 Å². The Morgan fingerprint density at radius 3 is 2.39 bits per heavy atom. The molecule has 0 bridgehead atoms. The summed E-state index contributed by atoms with van der Waals surface area (Å²) in [5.74, 6) is -0.756. The molecule has 0 saturated carbocycles. The zero-order valence-electron chi connectivity index (χ0n) is 17.8. The fourth-order valence-electron chi connectivity index (χ4n) is 3.49. The van der Waals surface area contributed by atoms with E-state index in [1.165, 1.54) is 16.7 Å². The number of carbonyl (C=O) groups excluding carboxylic acids is 2. The molecule has 0 aliphatic carbocycles. The Kier molecular flexibility index (Phi) is 6.83. The zero-order chi connectivity index (χ0) is 23.4. The molecule has 3 aromatic rings. The molecular formula is C26H20ClN3O2S. The van der Waals surface area contributed by atoms with E-state index in [1.54, 1.807) is 30.3 Å². The molecule has 2 amide bonds. The molecule has 3 aromatic carbocycles. The van der Waals surface area contributed by atoms with Crippen LogP contribution in [0.1, 0.15) is 11.1 Å². The third-order valence-electron chi connectivity index (χ3n) is 5.19. The van der Waals surface area contributed by atoms with Crippen LogP contribution in [0.2, 0.25) is 5.02 Å². The van der Waals surface area contributed by atoms with Crippen molar-refractivity contribution in [1.82, 2.24) is 0 Å². The Labute approximate surface area is 201 Å². The van der Waals surface area contributed by atoms with Crippen LogP contribution in [-0.4, -0.2) is 17.1 Å². The summed E-state index contributed by atoms with van der Waals surface area (Å²) in [5, 5.41) is 13.0. The Hall–Kier alpha value is -3.53. The Morgan fingerprint density at radius 2 is 1.73 bits per heavy atom. The van der Waals surface area contributed by atoms with Gasteiger partial charge in [0, 0.05) is 16.4 Å². The van der Waals surface area contributed by atoms with Gasteiger partial charge < -0.3 is 5.32 Å². The van der Waals surface area contributed by atoms with Gasteiger partial charge in [0.15, 0.2) is 0 Å². The smallest absolute Gasteiger partial charge is 0.269 e. The molecule has 164 valence electrons. The van der Waals surface area contributed by atoms with Crippen molar-refractivity contribution in [1.29, 1.82) is 5.26 Å². The van der Waals surface area contributed by atoms with Gasteiger partial charge in [-0.2, -0.15) is 5.26 Å². The van der Waals surface area contributed by atoms with E-state index < -0.39 is 11.2 Å².